The van der Waals surface area contributed by atoms with E-state index in [9.17, 15) is 8.42 Å². The topological polar surface area (TPSA) is 53.2 Å². The molecule has 1 heterocycles. The molecule has 2 aromatic rings. The predicted octanol–water partition coefficient (Wildman–Crippen LogP) is 2.72. The van der Waals surface area contributed by atoms with E-state index in [4.69, 9.17) is 0 Å². The van der Waals surface area contributed by atoms with Crippen LogP contribution in [0, 0.1) is 6.92 Å². The maximum Gasteiger partial charge on any atom is 0.213 e. The second-order valence-corrected chi connectivity index (χ2v) is 7.32. The molecule has 0 unspecified atom stereocenters. The average Bonchev–Trinajstić information content (AvgIpc) is 2.82. The van der Waals surface area contributed by atoms with Gasteiger partial charge in [-0.25, -0.2) is 12.7 Å². The number of aromatic amines is 1. The van der Waals surface area contributed by atoms with Gasteiger partial charge in [-0.3, -0.25) is 0 Å². The minimum Gasteiger partial charge on any atom is -0.361 e. The molecule has 0 spiro atoms. The van der Waals surface area contributed by atoms with Crippen LogP contribution in [-0.2, 0) is 23.0 Å². The number of hydrogen-bond donors (Lipinski definition) is 1. The van der Waals surface area contributed by atoms with Crippen molar-refractivity contribution in [1.82, 2.24) is 9.29 Å². The van der Waals surface area contributed by atoms with Gasteiger partial charge in [0.15, 0.2) is 0 Å². The first kappa shape index (κ1) is 15.1. The van der Waals surface area contributed by atoms with Crippen LogP contribution in [-0.4, -0.2) is 30.5 Å². The van der Waals surface area contributed by atoms with Gasteiger partial charge in [0.05, 0.1) is 5.75 Å². The number of aromatic nitrogens is 1. The number of H-pyrrole nitrogens is 1. The number of fused-ring (bicyclic) bond motifs is 1. The molecule has 5 heteroatoms. The highest BCUT2D eigenvalue weighted by Crippen LogP contribution is 2.22. The fourth-order valence-electron chi connectivity index (χ4n) is 2.30. The summed E-state index contributed by atoms with van der Waals surface area (Å²) < 4.78 is 25.0. The van der Waals surface area contributed by atoms with Crippen molar-refractivity contribution in [2.24, 2.45) is 0 Å². The van der Waals surface area contributed by atoms with Crippen LogP contribution in [0.15, 0.2) is 24.4 Å². The number of hydrogen-bond acceptors (Lipinski definition) is 2. The lowest BCUT2D eigenvalue weighted by molar-refractivity contribution is 0.468. The van der Waals surface area contributed by atoms with E-state index in [0.717, 1.165) is 29.3 Å². The number of benzene rings is 1. The monoisotopic (exact) mass is 293 g/mol. The molecule has 1 aromatic heterocycles. The number of rotatable bonds is 6. The SMILES string of the molecule is [CH2]CCc1c[nH]c2ccc(CN(C)S(=O)(=O)CC)cc12. The largest absolute Gasteiger partial charge is 0.361 e. The Bertz CT molecular complexity index is 689. The summed E-state index contributed by atoms with van der Waals surface area (Å²) in [5.74, 6) is 0.128. The van der Waals surface area contributed by atoms with Gasteiger partial charge in [0.25, 0.3) is 0 Å². The third kappa shape index (κ3) is 3.04. The van der Waals surface area contributed by atoms with Crippen LogP contribution >= 0.6 is 0 Å². The molecule has 0 bridgehead atoms. The standard InChI is InChI=1S/C15H21N2O2S/c1-4-6-13-10-16-15-8-7-12(9-14(13)15)11-17(3)20(18,19)5-2/h7-10,16H,1,4-6,11H2,2-3H3. The molecule has 0 saturated heterocycles. The third-order valence-electron chi connectivity index (χ3n) is 3.52. The van der Waals surface area contributed by atoms with Crippen LogP contribution in [0.2, 0.25) is 0 Å². The molecule has 0 aliphatic carbocycles. The van der Waals surface area contributed by atoms with Gasteiger partial charge in [-0.2, -0.15) is 0 Å². The molecule has 109 valence electrons. The summed E-state index contributed by atoms with van der Waals surface area (Å²) in [4.78, 5) is 3.24. The highest BCUT2D eigenvalue weighted by atomic mass is 32.2. The fourth-order valence-corrected chi connectivity index (χ4v) is 3.08. The number of sulfonamides is 1. The van der Waals surface area contributed by atoms with Gasteiger partial charge in [0, 0.05) is 30.7 Å². The average molecular weight is 293 g/mol. The normalized spacial score (nSPS) is 12.4. The van der Waals surface area contributed by atoms with E-state index in [-0.39, 0.29) is 5.75 Å². The van der Waals surface area contributed by atoms with E-state index in [1.165, 1.54) is 9.87 Å². The van der Waals surface area contributed by atoms with Crippen molar-refractivity contribution in [3.05, 3.63) is 42.4 Å². The summed E-state index contributed by atoms with van der Waals surface area (Å²) in [6, 6.07) is 6.04. The number of nitrogens with one attached hydrogen (secondary N) is 1. The van der Waals surface area contributed by atoms with Crippen LogP contribution in [0.25, 0.3) is 10.9 Å². The lowest BCUT2D eigenvalue weighted by atomic mass is 10.1. The Morgan fingerprint density at radius 1 is 1.35 bits per heavy atom. The van der Waals surface area contributed by atoms with Crippen molar-refractivity contribution in [3.63, 3.8) is 0 Å². The molecule has 0 fully saturated rings. The van der Waals surface area contributed by atoms with E-state index in [0.29, 0.717) is 6.54 Å². The van der Waals surface area contributed by atoms with Gasteiger partial charge in [0.2, 0.25) is 10.0 Å². The predicted molar refractivity (Wildman–Crippen MR) is 82.9 cm³/mol. The molecular weight excluding hydrogens is 272 g/mol. The lowest BCUT2D eigenvalue weighted by Gasteiger charge is -2.16. The smallest absolute Gasteiger partial charge is 0.213 e. The first-order chi connectivity index (χ1) is 9.47. The molecule has 0 atom stereocenters. The van der Waals surface area contributed by atoms with E-state index >= 15 is 0 Å². The third-order valence-corrected chi connectivity index (χ3v) is 5.33. The second kappa shape index (κ2) is 5.97. The maximum atomic E-state index is 11.8. The maximum absolute atomic E-state index is 11.8. The van der Waals surface area contributed by atoms with Gasteiger partial charge >= 0.3 is 0 Å². The van der Waals surface area contributed by atoms with Gasteiger partial charge in [-0.15, -0.1) is 0 Å². The van der Waals surface area contributed by atoms with E-state index in [1.54, 1.807) is 14.0 Å². The zero-order chi connectivity index (χ0) is 14.8. The molecule has 1 radical (unpaired) electrons. The van der Waals surface area contributed by atoms with Gasteiger partial charge in [0.1, 0.15) is 0 Å². The van der Waals surface area contributed by atoms with E-state index in [1.807, 2.05) is 18.3 Å². The molecule has 0 saturated carbocycles. The molecule has 1 N–H and O–H groups in total. The Kier molecular flexibility index (Phi) is 4.50. The lowest BCUT2D eigenvalue weighted by Crippen LogP contribution is -2.27. The summed E-state index contributed by atoms with van der Waals surface area (Å²) in [5, 5.41) is 1.16. The summed E-state index contributed by atoms with van der Waals surface area (Å²) in [5.41, 5.74) is 3.32. The van der Waals surface area contributed by atoms with Crippen LogP contribution in [0.3, 0.4) is 0 Å². The minimum absolute atomic E-state index is 0.128. The summed E-state index contributed by atoms with van der Waals surface area (Å²) in [6.07, 6.45) is 3.78. The fraction of sp³-hybridized carbons (Fsp3) is 0.400. The molecule has 20 heavy (non-hydrogen) atoms. The van der Waals surface area contributed by atoms with Crippen LogP contribution in [0.1, 0.15) is 24.5 Å². The van der Waals surface area contributed by atoms with Gasteiger partial charge in [-0.1, -0.05) is 13.0 Å². The molecule has 0 aliphatic heterocycles. The molecule has 4 nitrogen and oxygen atoms in total. The Balaban J connectivity index is 2.29. The van der Waals surface area contributed by atoms with Crippen molar-refractivity contribution in [3.8, 4) is 0 Å². The highest BCUT2D eigenvalue weighted by molar-refractivity contribution is 7.89. The zero-order valence-electron chi connectivity index (χ0n) is 12.0. The Morgan fingerprint density at radius 3 is 2.75 bits per heavy atom. The molecule has 2 rings (SSSR count). The second-order valence-electron chi connectivity index (χ2n) is 4.95. The zero-order valence-corrected chi connectivity index (χ0v) is 12.8. The van der Waals surface area contributed by atoms with Crippen LogP contribution in [0.4, 0.5) is 0 Å². The Morgan fingerprint density at radius 2 is 2.10 bits per heavy atom. The first-order valence-electron chi connectivity index (χ1n) is 6.80. The van der Waals surface area contributed by atoms with Crippen molar-refractivity contribution in [2.75, 3.05) is 12.8 Å². The summed E-state index contributed by atoms with van der Waals surface area (Å²) in [7, 11) is -1.52. The van der Waals surface area contributed by atoms with Crippen LogP contribution in [0.5, 0.6) is 0 Å². The molecular formula is C15H21N2O2S. The Labute approximate surface area is 120 Å². The quantitative estimate of drug-likeness (QED) is 0.890. The molecule has 0 aliphatic rings. The number of aryl methyl sites for hydroxylation is 1. The highest BCUT2D eigenvalue weighted by Gasteiger charge is 2.15. The molecule has 0 amide bonds. The van der Waals surface area contributed by atoms with E-state index in [2.05, 4.69) is 18.0 Å². The van der Waals surface area contributed by atoms with Crippen LogP contribution < -0.4 is 0 Å². The van der Waals surface area contributed by atoms with Crippen molar-refractivity contribution in [2.45, 2.75) is 26.3 Å². The van der Waals surface area contributed by atoms with Gasteiger partial charge < -0.3 is 4.98 Å². The van der Waals surface area contributed by atoms with E-state index < -0.39 is 10.0 Å². The van der Waals surface area contributed by atoms with Crippen molar-refractivity contribution in [1.29, 1.82) is 0 Å². The Hall–Kier alpha value is -1.33. The summed E-state index contributed by atoms with van der Waals surface area (Å²) >= 11 is 0. The first-order valence-corrected chi connectivity index (χ1v) is 8.41. The molecule has 1 aromatic carbocycles. The van der Waals surface area contributed by atoms with Crippen molar-refractivity contribution >= 4 is 20.9 Å². The van der Waals surface area contributed by atoms with Gasteiger partial charge in [-0.05, 0) is 43.0 Å². The number of nitrogens with zero attached hydrogens (tertiary/aromatic N) is 1. The summed E-state index contributed by atoms with van der Waals surface area (Å²) in [6.45, 7) is 5.94. The van der Waals surface area contributed by atoms with Crippen molar-refractivity contribution < 1.29 is 8.42 Å². The minimum atomic E-state index is -3.14.